The lowest BCUT2D eigenvalue weighted by molar-refractivity contribution is -0.139. The smallest absolute Gasteiger partial charge is 0.330 e. The highest BCUT2D eigenvalue weighted by Gasteiger charge is 2.24. The average molecular weight is 254 g/mol. The molecule has 2 fully saturated rings. The van der Waals surface area contributed by atoms with Gasteiger partial charge in [-0.05, 0) is 0 Å². The number of allylic oxidation sites excluding steroid dienone is 2. The SMILES string of the molecule is O=C(/C=C/C=C/C(=O)OCC1CO1)OCC1CO1. The van der Waals surface area contributed by atoms with Gasteiger partial charge in [0.1, 0.15) is 25.4 Å². The van der Waals surface area contributed by atoms with E-state index < -0.39 is 11.9 Å². The minimum absolute atomic E-state index is 0.0533. The summed E-state index contributed by atoms with van der Waals surface area (Å²) in [7, 11) is 0. The van der Waals surface area contributed by atoms with Gasteiger partial charge in [-0.2, -0.15) is 0 Å². The minimum atomic E-state index is -0.463. The molecule has 0 amide bonds. The molecule has 2 unspecified atom stereocenters. The molecule has 2 aliphatic heterocycles. The molecule has 0 aromatic rings. The highest BCUT2D eigenvalue weighted by molar-refractivity contribution is 5.84. The third-order valence-electron chi connectivity index (χ3n) is 2.20. The molecule has 0 N–H and O–H groups in total. The number of epoxide rings is 2. The maximum Gasteiger partial charge on any atom is 0.330 e. The Morgan fingerprint density at radius 2 is 1.33 bits per heavy atom. The van der Waals surface area contributed by atoms with Crippen LogP contribution >= 0.6 is 0 Å². The molecule has 2 atom stereocenters. The van der Waals surface area contributed by atoms with Gasteiger partial charge in [0.25, 0.3) is 0 Å². The Morgan fingerprint density at radius 3 is 1.67 bits per heavy atom. The van der Waals surface area contributed by atoms with E-state index >= 15 is 0 Å². The Labute approximate surface area is 104 Å². The third-order valence-corrected chi connectivity index (χ3v) is 2.20. The normalized spacial score (nSPS) is 25.3. The van der Waals surface area contributed by atoms with Crippen LogP contribution in [0.3, 0.4) is 0 Å². The zero-order valence-corrected chi connectivity index (χ0v) is 9.74. The Morgan fingerprint density at radius 1 is 0.944 bits per heavy atom. The monoisotopic (exact) mass is 254 g/mol. The highest BCUT2D eigenvalue weighted by Crippen LogP contribution is 2.09. The van der Waals surface area contributed by atoms with Gasteiger partial charge in [-0.1, -0.05) is 12.2 Å². The second-order valence-electron chi connectivity index (χ2n) is 3.89. The number of esters is 2. The molecule has 2 saturated heterocycles. The molecule has 2 heterocycles. The first-order chi connectivity index (χ1) is 8.74. The van der Waals surface area contributed by atoms with Crippen molar-refractivity contribution < 1.29 is 28.5 Å². The molecule has 18 heavy (non-hydrogen) atoms. The van der Waals surface area contributed by atoms with Crippen molar-refractivity contribution in [2.45, 2.75) is 12.2 Å². The average Bonchev–Trinajstić information content (AvgIpc) is 3.23. The van der Waals surface area contributed by atoms with E-state index in [4.69, 9.17) is 18.9 Å². The predicted octanol–water partition coefficient (Wildman–Crippen LogP) is -0.0172. The van der Waals surface area contributed by atoms with E-state index in [0.717, 1.165) is 0 Å². The molecular formula is C12H14O6. The zero-order chi connectivity index (χ0) is 12.8. The van der Waals surface area contributed by atoms with Crippen molar-refractivity contribution in [2.75, 3.05) is 26.4 Å². The van der Waals surface area contributed by atoms with Gasteiger partial charge in [-0.25, -0.2) is 9.59 Å². The fourth-order valence-corrected chi connectivity index (χ4v) is 1.04. The number of rotatable bonds is 7. The van der Waals surface area contributed by atoms with Crippen LogP contribution in [0.25, 0.3) is 0 Å². The number of carbonyl (C=O) groups excluding carboxylic acids is 2. The van der Waals surface area contributed by atoms with Gasteiger partial charge >= 0.3 is 11.9 Å². The molecular weight excluding hydrogens is 240 g/mol. The summed E-state index contributed by atoms with van der Waals surface area (Å²) in [6.07, 6.45) is 5.41. The Kier molecular flexibility index (Phi) is 4.49. The molecule has 0 aromatic heterocycles. The van der Waals surface area contributed by atoms with Crippen LogP contribution in [0.1, 0.15) is 0 Å². The Hall–Kier alpha value is -1.66. The van der Waals surface area contributed by atoms with E-state index in [1.54, 1.807) is 0 Å². The van der Waals surface area contributed by atoms with Gasteiger partial charge < -0.3 is 18.9 Å². The van der Waals surface area contributed by atoms with Crippen molar-refractivity contribution in [3.63, 3.8) is 0 Å². The van der Waals surface area contributed by atoms with Gasteiger partial charge in [-0.3, -0.25) is 0 Å². The van der Waals surface area contributed by atoms with Gasteiger partial charge in [0.15, 0.2) is 0 Å². The van der Waals surface area contributed by atoms with Crippen LogP contribution in [0.15, 0.2) is 24.3 Å². The predicted molar refractivity (Wildman–Crippen MR) is 59.7 cm³/mol. The zero-order valence-electron chi connectivity index (χ0n) is 9.74. The molecule has 6 nitrogen and oxygen atoms in total. The molecule has 0 aromatic carbocycles. The summed E-state index contributed by atoms with van der Waals surface area (Å²) in [5.74, 6) is -0.926. The van der Waals surface area contributed by atoms with Crippen molar-refractivity contribution in [1.82, 2.24) is 0 Å². The largest absolute Gasteiger partial charge is 0.460 e. The number of ether oxygens (including phenoxy) is 4. The minimum Gasteiger partial charge on any atom is -0.460 e. The lowest BCUT2D eigenvalue weighted by Gasteiger charge is -1.96. The van der Waals surface area contributed by atoms with Crippen molar-refractivity contribution in [2.24, 2.45) is 0 Å². The van der Waals surface area contributed by atoms with E-state index in [1.165, 1.54) is 24.3 Å². The summed E-state index contributed by atoms with van der Waals surface area (Å²) < 4.78 is 19.4. The van der Waals surface area contributed by atoms with Crippen molar-refractivity contribution in [1.29, 1.82) is 0 Å². The topological polar surface area (TPSA) is 77.7 Å². The summed E-state index contributed by atoms with van der Waals surface area (Å²) in [5, 5.41) is 0. The first kappa shape index (κ1) is 12.8. The first-order valence-electron chi connectivity index (χ1n) is 5.65. The third kappa shape index (κ3) is 5.60. The second-order valence-corrected chi connectivity index (χ2v) is 3.89. The van der Waals surface area contributed by atoms with Crippen LogP contribution in [-0.4, -0.2) is 50.6 Å². The van der Waals surface area contributed by atoms with Crippen LogP contribution in [0.2, 0.25) is 0 Å². The van der Waals surface area contributed by atoms with Gasteiger partial charge in [0.2, 0.25) is 0 Å². The summed E-state index contributed by atoms with van der Waals surface area (Å²) in [6, 6.07) is 0. The molecule has 6 heteroatoms. The van der Waals surface area contributed by atoms with E-state index in [0.29, 0.717) is 13.2 Å². The fraction of sp³-hybridized carbons (Fsp3) is 0.500. The Balaban J connectivity index is 1.55. The fourth-order valence-electron chi connectivity index (χ4n) is 1.04. The lowest BCUT2D eigenvalue weighted by Crippen LogP contribution is -2.07. The van der Waals surface area contributed by atoms with Crippen LogP contribution in [-0.2, 0) is 28.5 Å². The van der Waals surface area contributed by atoms with E-state index in [2.05, 4.69) is 0 Å². The van der Waals surface area contributed by atoms with Crippen molar-refractivity contribution in [3.05, 3.63) is 24.3 Å². The quantitative estimate of drug-likeness (QED) is 0.275. The van der Waals surface area contributed by atoms with Gasteiger partial charge in [0.05, 0.1) is 13.2 Å². The van der Waals surface area contributed by atoms with Crippen molar-refractivity contribution in [3.8, 4) is 0 Å². The molecule has 0 saturated carbocycles. The Bertz CT molecular complexity index is 329. The van der Waals surface area contributed by atoms with E-state index in [9.17, 15) is 9.59 Å². The summed E-state index contributed by atoms with van der Waals surface area (Å²) in [5.41, 5.74) is 0. The van der Waals surface area contributed by atoms with Crippen molar-refractivity contribution >= 4 is 11.9 Å². The van der Waals surface area contributed by atoms with Crippen LogP contribution in [0, 0.1) is 0 Å². The molecule has 98 valence electrons. The van der Waals surface area contributed by atoms with Gasteiger partial charge in [-0.15, -0.1) is 0 Å². The molecule has 2 rings (SSSR count). The van der Waals surface area contributed by atoms with Crippen LogP contribution in [0.4, 0.5) is 0 Å². The standard InChI is InChI=1S/C12H14O6/c13-11(17-7-9-5-15-9)3-1-2-4-12(14)18-8-10-6-16-10/h1-4,9-10H,5-8H2/b3-1+,4-2+. The maximum atomic E-state index is 11.1. The first-order valence-corrected chi connectivity index (χ1v) is 5.65. The van der Waals surface area contributed by atoms with Crippen LogP contribution < -0.4 is 0 Å². The molecule has 0 aliphatic carbocycles. The molecule has 0 spiro atoms. The second kappa shape index (κ2) is 6.32. The van der Waals surface area contributed by atoms with E-state index in [1.807, 2.05) is 0 Å². The highest BCUT2D eigenvalue weighted by atomic mass is 16.6. The van der Waals surface area contributed by atoms with E-state index in [-0.39, 0.29) is 25.4 Å². The maximum absolute atomic E-state index is 11.1. The number of hydrogen-bond acceptors (Lipinski definition) is 6. The number of carbonyl (C=O) groups is 2. The summed E-state index contributed by atoms with van der Waals surface area (Å²) in [4.78, 5) is 22.2. The number of hydrogen-bond donors (Lipinski definition) is 0. The van der Waals surface area contributed by atoms with Gasteiger partial charge in [0, 0.05) is 12.2 Å². The summed E-state index contributed by atoms with van der Waals surface area (Å²) >= 11 is 0. The lowest BCUT2D eigenvalue weighted by atomic mass is 10.4. The molecule has 0 radical (unpaired) electrons. The molecule has 0 bridgehead atoms. The molecule has 2 aliphatic rings. The summed E-state index contributed by atoms with van der Waals surface area (Å²) in [6.45, 7) is 1.84. The van der Waals surface area contributed by atoms with Crippen LogP contribution in [0.5, 0.6) is 0 Å².